The summed E-state index contributed by atoms with van der Waals surface area (Å²) in [6, 6.07) is 9.93. The molecule has 1 aromatic heterocycles. The van der Waals surface area contributed by atoms with Crippen LogP contribution < -0.4 is 5.56 Å². The average molecular weight is 283 g/mol. The van der Waals surface area contributed by atoms with Crippen molar-refractivity contribution < 1.29 is 0 Å². The normalized spacial score (nSPS) is 12.2. The van der Waals surface area contributed by atoms with Gasteiger partial charge >= 0.3 is 0 Å². The first-order valence-electron chi connectivity index (χ1n) is 7.27. The molecule has 1 N–H and O–H groups in total. The Morgan fingerprint density at radius 2 is 2.00 bits per heavy atom. The lowest BCUT2D eigenvalue weighted by Gasteiger charge is -2.02. The van der Waals surface area contributed by atoms with E-state index in [9.17, 15) is 4.79 Å². The minimum absolute atomic E-state index is 0.0191. The molecule has 0 amide bonds. The van der Waals surface area contributed by atoms with E-state index < -0.39 is 0 Å². The Balaban J connectivity index is 2.64. The molecule has 0 radical (unpaired) electrons. The third-order valence-corrected chi connectivity index (χ3v) is 3.30. The molecule has 0 fully saturated rings. The Kier molecular flexibility index (Phi) is 4.93. The molecule has 1 heterocycles. The largest absolute Gasteiger partial charge is 0.289 e. The van der Waals surface area contributed by atoms with Crippen LogP contribution in [0, 0.1) is 0 Å². The number of rotatable bonds is 5. The fourth-order valence-electron chi connectivity index (χ4n) is 2.35. The van der Waals surface area contributed by atoms with Crippen LogP contribution >= 0.6 is 0 Å². The highest BCUT2D eigenvalue weighted by atomic mass is 16.1. The predicted molar refractivity (Wildman–Crippen MR) is 88.6 cm³/mol. The fraction of sp³-hybridized carbons (Fsp3) is 0.294. The van der Waals surface area contributed by atoms with Crippen LogP contribution in [0.4, 0.5) is 0 Å². The van der Waals surface area contributed by atoms with Gasteiger partial charge in [-0.05, 0) is 31.9 Å². The molecule has 0 aliphatic carbocycles. The Bertz CT molecular complexity index is 705. The lowest BCUT2D eigenvalue weighted by Crippen LogP contribution is -2.17. The number of aliphatic imine (C=N–C) groups is 1. The van der Waals surface area contributed by atoms with Crippen LogP contribution in [-0.4, -0.2) is 16.0 Å². The summed E-state index contributed by atoms with van der Waals surface area (Å²) < 4.78 is 1.52. The number of H-pyrrole nitrogens is 1. The molecule has 110 valence electrons. The zero-order valence-corrected chi connectivity index (χ0v) is 12.8. The molecule has 1 aromatic carbocycles. The van der Waals surface area contributed by atoms with Crippen LogP contribution in [0.1, 0.15) is 32.8 Å². The Morgan fingerprint density at radius 1 is 1.29 bits per heavy atom. The molecule has 0 spiro atoms. The van der Waals surface area contributed by atoms with E-state index in [-0.39, 0.29) is 5.56 Å². The number of nitrogens with zero attached hydrogens (tertiary/aromatic N) is 2. The molecule has 0 unspecified atom stereocenters. The summed E-state index contributed by atoms with van der Waals surface area (Å²) in [7, 11) is 0. The Hall–Kier alpha value is -2.36. The van der Waals surface area contributed by atoms with Gasteiger partial charge in [-0.15, -0.1) is 0 Å². The van der Waals surface area contributed by atoms with Crippen molar-refractivity contribution in [2.75, 3.05) is 0 Å². The molecular weight excluding hydrogens is 262 g/mol. The Labute approximate surface area is 124 Å². The van der Waals surface area contributed by atoms with Gasteiger partial charge in [0.25, 0.3) is 5.56 Å². The number of allylic oxidation sites excluding steroid dienone is 1. The number of benzene rings is 1. The van der Waals surface area contributed by atoms with Crippen molar-refractivity contribution >= 4 is 12.0 Å². The van der Waals surface area contributed by atoms with Gasteiger partial charge < -0.3 is 0 Å². The third-order valence-electron chi connectivity index (χ3n) is 3.30. The van der Waals surface area contributed by atoms with Gasteiger partial charge in [0.2, 0.25) is 0 Å². The molecule has 0 bridgehead atoms. The van der Waals surface area contributed by atoms with E-state index in [1.54, 1.807) is 6.21 Å². The van der Waals surface area contributed by atoms with Crippen LogP contribution in [0.25, 0.3) is 17.1 Å². The molecule has 0 aliphatic rings. The van der Waals surface area contributed by atoms with Gasteiger partial charge in [-0.3, -0.25) is 9.89 Å². The van der Waals surface area contributed by atoms with Gasteiger partial charge in [0.05, 0.1) is 5.69 Å². The highest BCUT2D eigenvalue weighted by molar-refractivity contribution is 5.66. The molecule has 4 heteroatoms. The second-order valence-electron chi connectivity index (χ2n) is 4.76. The number of hydrogen-bond acceptors (Lipinski definition) is 2. The average Bonchev–Trinajstić information content (AvgIpc) is 2.84. The van der Waals surface area contributed by atoms with Gasteiger partial charge in [-0.1, -0.05) is 43.7 Å². The molecule has 4 nitrogen and oxygen atoms in total. The summed E-state index contributed by atoms with van der Waals surface area (Å²) in [4.78, 5) is 16.9. The van der Waals surface area contributed by atoms with E-state index >= 15 is 0 Å². The van der Waals surface area contributed by atoms with Crippen LogP contribution in [0.5, 0.6) is 0 Å². The first-order valence-corrected chi connectivity index (χ1v) is 7.27. The lowest BCUT2D eigenvalue weighted by atomic mass is 10.1. The van der Waals surface area contributed by atoms with E-state index in [0.29, 0.717) is 5.82 Å². The maximum absolute atomic E-state index is 12.6. The van der Waals surface area contributed by atoms with E-state index in [1.807, 2.05) is 50.3 Å². The van der Waals surface area contributed by atoms with Crippen LogP contribution in [0.3, 0.4) is 0 Å². The van der Waals surface area contributed by atoms with Gasteiger partial charge in [-0.25, -0.2) is 9.67 Å². The maximum Gasteiger partial charge on any atom is 0.276 e. The second kappa shape index (κ2) is 6.88. The zero-order valence-electron chi connectivity index (χ0n) is 12.8. The third kappa shape index (κ3) is 3.05. The van der Waals surface area contributed by atoms with Gasteiger partial charge in [0.15, 0.2) is 5.82 Å². The molecule has 0 aliphatic heterocycles. The first-order chi connectivity index (χ1) is 10.2. The van der Waals surface area contributed by atoms with Gasteiger partial charge in [0, 0.05) is 11.8 Å². The molecule has 0 atom stereocenters. The van der Waals surface area contributed by atoms with Crippen molar-refractivity contribution in [1.29, 1.82) is 0 Å². The molecule has 0 saturated heterocycles. The summed E-state index contributed by atoms with van der Waals surface area (Å²) in [5.41, 5.74) is 2.70. The van der Waals surface area contributed by atoms with Crippen LogP contribution in [-0.2, 0) is 6.42 Å². The van der Waals surface area contributed by atoms with E-state index in [0.717, 1.165) is 29.7 Å². The summed E-state index contributed by atoms with van der Waals surface area (Å²) in [5.74, 6) is 0.613. The highest BCUT2D eigenvalue weighted by Crippen LogP contribution is 2.21. The highest BCUT2D eigenvalue weighted by Gasteiger charge is 2.16. The number of aromatic amines is 1. The molecule has 0 saturated carbocycles. The topological polar surface area (TPSA) is 50.1 Å². The molecule has 2 rings (SSSR count). The van der Waals surface area contributed by atoms with Crippen molar-refractivity contribution in [2.24, 2.45) is 4.99 Å². The fourth-order valence-corrected chi connectivity index (χ4v) is 2.35. The van der Waals surface area contributed by atoms with E-state index in [4.69, 9.17) is 0 Å². The maximum atomic E-state index is 12.6. The number of nitrogens with one attached hydrogen (secondary N) is 1. The van der Waals surface area contributed by atoms with Crippen molar-refractivity contribution in [3.8, 4) is 11.3 Å². The minimum atomic E-state index is -0.0191. The van der Waals surface area contributed by atoms with E-state index in [1.165, 1.54) is 4.68 Å². The van der Waals surface area contributed by atoms with Crippen molar-refractivity contribution in [3.05, 3.63) is 52.3 Å². The zero-order chi connectivity index (χ0) is 15.2. The van der Waals surface area contributed by atoms with Crippen molar-refractivity contribution in [2.45, 2.75) is 33.6 Å². The van der Waals surface area contributed by atoms with Gasteiger partial charge in [-0.2, -0.15) is 0 Å². The lowest BCUT2D eigenvalue weighted by molar-refractivity contribution is 0.848. The number of aromatic nitrogens is 2. The summed E-state index contributed by atoms with van der Waals surface area (Å²) in [6.07, 6.45) is 5.18. The number of hydrogen-bond donors (Lipinski definition) is 1. The van der Waals surface area contributed by atoms with Crippen molar-refractivity contribution in [3.63, 3.8) is 0 Å². The molecule has 21 heavy (non-hydrogen) atoms. The summed E-state index contributed by atoms with van der Waals surface area (Å²) in [6.45, 7) is 5.78. The monoisotopic (exact) mass is 283 g/mol. The first kappa shape index (κ1) is 15.0. The minimum Gasteiger partial charge on any atom is -0.289 e. The predicted octanol–water partition coefficient (Wildman–Crippen LogP) is 3.70. The van der Waals surface area contributed by atoms with Gasteiger partial charge in [0.1, 0.15) is 0 Å². The summed E-state index contributed by atoms with van der Waals surface area (Å²) in [5, 5.41) is 3.21. The quantitative estimate of drug-likeness (QED) is 0.836. The standard InChI is InChI=1S/C17H21N3O/c1-4-10-14-16(13-11-8-7-9-12-13)19-20(17(14)21)15(5-2)18-6-3/h5-9,11-12,19H,4,10H2,1-3H3/b15-5+,18-6?. The van der Waals surface area contributed by atoms with E-state index in [2.05, 4.69) is 17.0 Å². The molecular formula is C17H21N3O. The SMILES string of the molecule is CC=N/C(=C\C)n1[nH]c(-c2ccccc2)c(CCC)c1=O. The Morgan fingerprint density at radius 3 is 2.57 bits per heavy atom. The molecule has 2 aromatic rings. The van der Waals surface area contributed by atoms with Crippen molar-refractivity contribution in [1.82, 2.24) is 9.78 Å². The summed E-state index contributed by atoms with van der Waals surface area (Å²) >= 11 is 0. The van der Waals surface area contributed by atoms with Crippen LogP contribution in [0.2, 0.25) is 0 Å². The van der Waals surface area contributed by atoms with Crippen LogP contribution in [0.15, 0.2) is 46.2 Å². The smallest absolute Gasteiger partial charge is 0.276 e. The second-order valence-corrected chi connectivity index (χ2v) is 4.76.